The van der Waals surface area contributed by atoms with E-state index in [2.05, 4.69) is 15.5 Å². The van der Waals surface area contributed by atoms with Gasteiger partial charge >= 0.3 is 6.03 Å². The van der Waals surface area contributed by atoms with Gasteiger partial charge in [-0.1, -0.05) is 47.6 Å². The first-order valence-electron chi connectivity index (χ1n) is 10.1. The Hall–Kier alpha value is -4.20. The van der Waals surface area contributed by atoms with Gasteiger partial charge in [-0.15, -0.1) is 0 Å². The number of nitrogens with one attached hydrogen (secondary N) is 1. The predicted octanol–water partition coefficient (Wildman–Crippen LogP) is 5.17. The van der Waals surface area contributed by atoms with Crippen molar-refractivity contribution in [1.82, 2.24) is 20.4 Å². The van der Waals surface area contributed by atoms with E-state index < -0.39 is 11.9 Å². The van der Waals surface area contributed by atoms with E-state index in [9.17, 15) is 9.18 Å². The summed E-state index contributed by atoms with van der Waals surface area (Å²) in [5, 5.41) is 7.06. The highest BCUT2D eigenvalue weighted by molar-refractivity contribution is 5.86. The Morgan fingerprint density at radius 2 is 1.94 bits per heavy atom. The maximum absolute atomic E-state index is 14.0. The van der Waals surface area contributed by atoms with E-state index in [1.807, 2.05) is 30.3 Å². The minimum absolute atomic E-state index is 0.226. The van der Waals surface area contributed by atoms with E-state index in [0.717, 1.165) is 5.56 Å². The molecule has 1 N–H and O–H groups in total. The predicted molar refractivity (Wildman–Crippen MR) is 114 cm³/mol. The Kier molecular flexibility index (Phi) is 5.03. The lowest BCUT2D eigenvalue weighted by Crippen LogP contribution is -2.45. The SMILES string of the molecule is CC1=C(c2nc(-c3ccccc3)no2)C(c2cccc(F)c2)NC(=O)N1Cc1ccco1. The molecule has 2 amide bonds. The second-order valence-electron chi connectivity index (χ2n) is 7.39. The monoisotopic (exact) mass is 430 g/mol. The number of urea groups is 1. The first-order valence-corrected chi connectivity index (χ1v) is 10.1. The van der Waals surface area contributed by atoms with Crippen molar-refractivity contribution >= 4 is 11.6 Å². The fraction of sp³-hybridized carbons (Fsp3) is 0.125. The Bertz CT molecular complexity index is 1280. The molecular formula is C24H19FN4O3. The molecule has 7 nitrogen and oxygen atoms in total. The molecule has 0 saturated carbocycles. The standard InChI is InChI=1S/C24H19FN4O3/c1-15-20(23-27-22(28-32-23)16-7-3-2-4-8-16)21(17-9-5-10-18(25)13-17)26-24(30)29(15)14-19-11-6-12-31-19/h2-13,21H,14H2,1H3,(H,26,30). The van der Waals surface area contributed by atoms with Crippen LogP contribution in [-0.4, -0.2) is 21.1 Å². The van der Waals surface area contributed by atoms with E-state index in [4.69, 9.17) is 8.94 Å². The average molecular weight is 430 g/mol. The van der Waals surface area contributed by atoms with Gasteiger partial charge in [0.15, 0.2) is 0 Å². The number of halogens is 1. The molecule has 2 aromatic carbocycles. The van der Waals surface area contributed by atoms with Crippen molar-refractivity contribution in [2.24, 2.45) is 0 Å². The van der Waals surface area contributed by atoms with Gasteiger partial charge in [-0.2, -0.15) is 4.98 Å². The molecule has 1 aliphatic rings. The summed E-state index contributed by atoms with van der Waals surface area (Å²) in [5.41, 5.74) is 2.58. The van der Waals surface area contributed by atoms with Crippen molar-refractivity contribution in [3.05, 3.63) is 102 Å². The summed E-state index contributed by atoms with van der Waals surface area (Å²) in [4.78, 5) is 19.1. The van der Waals surface area contributed by atoms with Crippen LogP contribution in [0.2, 0.25) is 0 Å². The number of nitrogens with zero attached hydrogens (tertiary/aromatic N) is 3. The zero-order valence-electron chi connectivity index (χ0n) is 17.2. The number of aromatic nitrogens is 2. The minimum Gasteiger partial charge on any atom is -0.467 e. The summed E-state index contributed by atoms with van der Waals surface area (Å²) in [6.07, 6.45) is 1.55. The smallest absolute Gasteiger partial charge is 0.322 e. The fourth-order valence-electron chi connectivity index (χ4n) is 3.78. The molecule has 4 aromatic rings. The first-order chi connectivity index (χ1) is 15.6. The van der Waals surface area contributed by atoms with E-state index >= 15 is 0 Å². The van der Waals surface area contributed by atoms with Crippen molar-refractivity contribution in [1.29, 1.82) is 0 Å². The Morgan fingerprint density at radius 3 is 2.69 bits per heavy atom. The fourth-order valence-corrected chi connectivity index (χ4v) is 3.78. The first kappa shape index (κ1) is 19.7. The lowest BCUT2D eigenvalue weighted by molar-refractivity contribution is 0.199. The van der Waals surface area contributed by atoms with Crippen molar-refractivity contribution in [3.63, 3.8) is 0 Å². The van der Waals surface area contributed by atoms with E-state index in [1.54, 1.807) is 37.5 Å². The third-order valence-corrected chi connectivity index (χ3v) is 5.36. The van der Waals surface area contributed by atoms with Crippen LogP contribution in [0.4, 0.5) is 9.18 Å². The molecule has 5 rings (SSSR count). The van der Waals surface area contributed by atoms with Crippen LogP contribution < -0.4 is 5.32 Å². The van der Waals surface area contributed by atoms with Crippen LogP contribution in [0.15, 0.2) is 87.6 Å². The van der Waals surface area contributed by atoms with Gasteiger partial charge in [0, 0.05) is 11.3 Å². The highest BCUT2D eigenvalue weighted by Crippen LogP contribution is 2.38. The molecule has 3 heterocycles. The maximum atomic E-state index is 14.0. The number of amides is 2. The molecule has 0 aliphatic carbocycles. The van der Waals surface area contributed by atoms with Gasteiger partial charge in [-0.25, -0.2) is 9.18 Å². The summed E-state index contributed by atoms with van der Waals surface area (Å²) in [6.45, 7) is 2.03. The third kappa shape index (κ3) is 3.66. The molecule has 0 saturated heterocycles. The van der Waals surface area contributed by atoms with Crippen molar-refractivity contribution in [3.8, 4) is 11.4 Å². The molecule has 8 heteroatoms. The van der Waals surface area contributed by atoms with Crippen molar-refractivity contribution < 1.29 is 18.1 Å². The van der Waals surface area contributed by atoms with Crippen molar-refractivity contribution in [2.75, 3.05) is 0 Å². The summed E-state index contributed by atoms with van der Waals surface area (Å²) >= 11 is 0. The van der Waals surface area contributed by atoms with Crippen LogP contribution in [-0.2, 0) is 6.54 Å². The number of hydrogen-bond donors (Lipinski definition) is 1. The largest absolute Gasteiger partial charge is 0.467 e. The van der Waals surface area contributed by atoms with Crippen molar-refractivity contribution in [2.45, 2.75) is 19.5 Å². The van der Waals surface area contributed by atoms with Gasteiger partial charge in [0.1, 0.15) is 11.6 Å². The quantitative estimate of drug-likeness (QED) is 0.472. The lowest BCUT2D eigenvalue weighted by atomic mass is 9.94. The Labute approximate surface area is 183 Å². The van der Waals surface area contributed by atoms with Crippen LogP contribution >= 0.6 is 0 Å². The summed E-state index contributed by atoms with van der Waals surface area (Å²) < 4.78 is 25.0. The second-order valence-corrected chi connectivity index (χ2v) is 7.39. The normalized spacial score (nSPS) is 16.4. The molecule has 32 heavy (non-hydrogen) atoms. The molecule has 1 atom stereocenters. The number of rotatable bonds is 5. The second kappa shape index (κ2) is 8.14. The molecule has 0 spiro atoms. The summed E-state index contributed by atoms with van der Waals surface area (Å²) in [7, 11) is 0. The Balaban J connectivity index is 1.61. The number of benzene rings is 2. The van der Waals surface area contributed by atoms with Crippen LogP contribution in [0, 0.1) is 5.82 Å². The highest BCUT2D eigenvalue weighted by Gasteiger charge is 2.36. The van der Waals surface area contributed by atoms with Gasteiger partial charge in [0.2, 0.25) is 5.82 Å². The summed E-state index contributed by atoms with van der Waals surface area (Å²) in [5.74, 6) is 0.897. The van der Waals surface area contributed by atoms with Crippen LogP contribution in [0.25, 0.3) is 17.0 Å². The molecule has 1 aliphatic heterocycles. The average Bonchev–Trinajstić information content (AvgIpc) is 3.49. The number of carbonyl (C=O) groups excluding carboxylic acids is 1. The number of furan rings is 1. The van der Waals surface area contributed by atoms with Gasteiger partial charge < -0.3 is 14.3 Å². The zero-order valence-corrected chi connectivity index (χ0v) is 17.2. The Morgan fingerprint density at radius 1 is 1.09 bits per heavy atom. The molecule has 160 valence electrons. The lowest BCUT2D eigenvalue weighted by Gasteiger charge is -2.34. The number of allylic oxidation sites excluding steroid dienone is 1. The van der Waals surface area contributed by atoms with Gasteiger partial charge in [-0.3, -0.25) is 4.90 Å². The summed E-state index contributed by atoms with van der Waals surface area (Å²) in [6, 6.07) is 18.1. The van der Waals surface area contributed by atoms with E-state index in [0.29, 0.717) is 28.4 Å². The van der Waals surface area contributed by atoms with E-state index in [1.165, 1.54) is 17.0 Å². The van der Waals surface area contributed by atoms with Crippen LogP contribution in [0.5, 0.6) is 0 Å². The van der Waals surface area contributed by atoms with E-state index in [-0.39, 0.29) is 18.5 Å². The van der Waals surface area contributed by atoms with Crippen LogP contribution in [0.3, 0.4) is 0 Å². The molecule has 0 fully saturated rings. The number of carbonyl (C=O) groups is 1. The molecular weight excluding hydrogens is 411 g/mol. The molecule has 2 aromatic heterocycles. The topological polar surface area (TPSA) is 84.4 Å². The zero-order chi connectivity index (χ0) is 22.1. The molecule has 1 unspecified atom stereocenters. The molecule has 0 radical (unpaired) electrons. The third-order valence-electron chi connectivity index (χ3n) is 5.36. The van der Waals surface area contributed by atoms with Gasteiger partial charge in [0.05, 0.1) is 24.4 Å². The highest BCUT2D eigenvalue weighted by atomic mass is 19.1. The van der Waals surface area contributed by atoms with Crippen LogP contribution in [0.1, 0.15) is 30.2 Å². The minimum atomic E-state index is -0.657. The molecule has 0 bridgehead atoms. The maximum Gasteiger partial charge on any atom is 0.322 e. The van der Waals surface area contributed by atoms with Gasteiger partial charge in [0.25, 0.3) is 5.89 Å². The number of hydrogen-bond acceptors (Lipinski definition) is 5. The van der Waals surface area contributed by atoms with Gasteiger partial charge in [-0.05, 0) is 36.8 Å².